The number of nitrogens with one attached hydrogen (secondary N) is 1. The molecule has 4 aliphatic rings. The molecule has 4 fully saturated rings. The van der Waals surface area contributed by atoms with Gasteiger partial charge in [-0.3, -0.25) is 19.8 Å². The van der Waals surface area contributed by atoms with Gasteiger partial charge < -0.3 is 19.4 Å². The van der Waals surface area contributed by atoms with Crippen LogP contribution in [0.15, 0.2) is 18.2 Å². The van der Waals surface area contributed by atoms with Gasteiger partial charge in [-0.15, -0.1) is 0 Å². The van der Waals surface area contributed by atoms with E-state index in [9.17, 15) is 9.59 Å². The highest BCUT2D eigenvalue weighted by molar-refractivity contribution is 6.31. The van der Waals surface area contributed by atoms with Gasteiger partial charge in [0.05, 0.1) is 29.8 Å². The monoisotopic (exact) mass is 556 g/mol. The number of halogens is 1. The second kappa shape index (κ2) is 13.0. The first kappa shape index (κ1) is 28.3. The van der Waals surface area contributed by atoms with E-state index in [1.807, 2.05) is 6.07 Å². The number of hydrogen-bond acceptors (Lipinski definition) is 7. The minimum atomic E-state index is -0.114. The zero-order valence-electron chi connectivity index (χ0n) is 23.0. The maximum absolute atomic E-state index is 13.6. The number of benzene rings is 1. The Labute approximate surface area is 237 Å². The van der Waals surface area contributed by atoms with E-state index in [1.165, 1.54) is 12.8 Å². The molecule has 0 aromatic heterocycles. The van der Waals surface area contributed by atoms with E-state index in [1.54, 1.807) is 35.0 Å². The van der Waals surface area contributed by atoms with Crippen molar-refractivity contribution in [2.75, 3.05) is 66.2 Å². The van der Waals surface area contributed by atoms with E-state index < -0.39 is 0 Å². The Bertz CT molecular complexity index is 1070. The standard InChI is InChI=1S/C29H41ClN6O3/c1-33(16-21-3-4-23(15-31)26(30)13-21)28(37)18-36-20-32-27-6-5-24(14-25(27)29(36)38)35-9-2-8-34(10-11-35)17-22-7-12-39-19-22/h3-4,13,22,24-25,27,32H,2,5-12,14,16-20H2,1H3. The lowest BCUT2D eigenvalue weighted by Gasteiger charge is -2.45. The fourth-order valence-electron chi connectivity index (χ4n) is 6.70. The maximum atomic E-state index is 13.6. The molecular formula is C29H41ClN6O3. The summed E-state index contributed by atoms with van der Waals surface area (Å²) < 4.78 is 5.57. The number of nitriles is 1. The third kappa shape index (κ3) is 6.93. The van der Waals surface area contributed by atoms with Crippen molar-refractivity contribution in [3.05, 3.63) is 34.3 Å². The lowest BCUT2D eigenvalue weighted by atomic mass is 9.79. The van der Waals surface area contributed by atoms with Crippen molar-refractivity contribution in [1.82, 2.24) is 24.9 Å². The van der Waals surface area contributed by atoms with Crippen LogP contribution in [-0.4, -0.2) is 110 Å². The van der Waals surface area contributed by atoms with Gasteiger partial charge in [-0.2, -0.15) is 5.26 Å². The highest BCUT2D eigenvalue weighted by Gasteiger charge is 2.42. The maximum Gasteiger partial charge on any atom is 0.242 e. The van der Waals surface area contributed by atoms with Crippen LogP contribution in [0.1, 0.15) is 43.2 Å². The van der Waals surface area contributed by atoms with Crippen LogP contribution in [-0.2, 0) is 20.9 Å². The molecule has 3 saturated heterocycles. The summed E-state index contributed by atoms with van der Waals surface area (Å²) in [7, 11) is 1.73. The highest BCUT2D eigenvalue weighted by atomic mass is 35.5. The number of rotatable bonds is 7. The van der Waals surface area contributed by atoms with Crippen molar-refractivity contribution in [3.63, 3.8) is 0 Å². The van der Waals surface area contributed by atoms with E-state index in [2.05, 4.69) is 15.1 Å². The molecule has 39 heavy (non-hydrogen) atoms. The fourth-order valence-corrected chi connectivity index (χ4v) is 6.94. The van der Waals surface area contributed by atoms with Gasteiger partial charge in [0.25, 0.3) is 0 Å². The predicted octanol–water partition coefficient (Wildman–Crippen LogP) is 2.14. The lowest BCUT2D eigenvalue weighted by Crippen LogP contribution is -2.61. The first-order chi connectivity index (χ1) is 18.9. The van der Waals surface area contributed by atoms with E-state index >= 15 is 0 Å². The molecule has 0 radical (unpaired) electrons. The second-order valence-electron chi connectivity index (χ2n) is 11.7. The average molecular weight is 557 g/mol. The van der Waals surface area contributed by atoms with Crippen molar-refractivity contribution in [1.29, 1.82) is 5.26 Å². The predicted molar refractivity (Wildman–Crippen MR) is 149 cm³/mol. The molecule has 212 valence electrons. The molecular weight excluding hydrogens is 516 g/mol. The Morgan fingerprint density at radius 2 is 2.10 bits per heavy atom. The van der Waals surface area contributed by atoms with Gasteiger partial charge in [-0.05, 0) is 68.8 Å². The zero-order chi connectivity index (χ0) is 27.4. The Balaban J connectivity index is 1.12. The Morgan fingerprint density at radius 3 is 2.87 bits per heavy atom. The summed E-state index contributed by atoms with van der Waals surface area (Å²) in [5.41, 5.74) is 1.26. The highest BCUT2D eigenvalue weighted by Crippen LogP contribution is 2.32. The van der Waals surface area contributed by atoms with E-state index in [0.717, 1.165) is 70.8 Å². The molecule has 4 atom stereocenters. The minimum absolute atomic E-state index is 0.0593. The van der Waals surface area contributed by atoms with Gasteiger partial charge in [-0.25, -0.2) is 0 Å². The van der Waals surface area contributed by atoms with Crippen molar-refractivity contribution < 1.29 is 14.3 Å². The van der Waals surface area contributed by atoms with Gasteiger partial charge >= 0.3 is 0 Å². The molecule has 9 nitrogen and oxygen atoms in total. The average Bonchev–Trinajstić information content (AvgIpc) is 3.34. The number of fused-ring (bicyclic) bond motifs is 1. The molecule has 2 amide bonds. The molecule has 5 rings (SSSR count). The van der Waals surface area contributed by atoms with Gasteiger partial charge in [0.2, 0.25) is 11.8 Å². The first-order valence-electron chi connectivity index (χ1n) is 14.4. The van der Waals surface area contributed by atoms with Crippen LogP contribution in [0.2, 0.25) is 5.02 Å². The minimum Gasteiger partial charge on any atom is -0.381 e. The van der Waals surface area contributed by atoms with Crippen molar-refractivity contribution in [2.45, 2.75) is 50.7 Å². The number of hydrogen-bond donors (Lipinski definition) is 1. The molecule has 1 aliphatic carbocycles. The molecule has 3 aliphatic heterocycles. The first-order valence-corrected chi connectivity index (χ1v) is 14.8. The van der Waals surface area contributed by atoms with Gasteiger partial charge in [0.1, 0.15) is 12.6 Å². The summed E-state index contributed by atoms with van der Waals surface area (Å²) in [4.78, 5) is 35.1. The van der Waals surface area contributed by atoms with Crippen LogP contribution >= 0.6 is 11.6 Å². The number of likely N-dealkylation sites (N-methyl/N-ethyl adjacent to an activating group) is 1. The molecule has 1 saturated carbocycles. The molecule has 1 N–H and O–H groups in total. The van der Waals surface area contributed by atoms with Crippen LogP contribution in [0, 0.1) is 23.2 Å². The fraction of sp³-hybridized carbons (Fsp3) is 0.690. The number of carbonyl (C=O) groups excluding carboxylic acids is 2. The molecule has 1 aromatic rings. The molecule has 10 heteroatoms. The van der Waals surface area contributed by atoms with E-state index in [-0.39, 0.29) is 30.3 Å². The summed E-state index contributed by atoms with van der Waals surface area (Å²) in [5.74, 6) is 0.580. The normalized spacial score (nSPS) is 28.5. The SMILES string of the molecule is CN(Cc1ccc(C#N)c(Cl)c1)C(=O)CN1CNC2CCC(N3CCCN(CC4CCOC4)CC3)CC2C1=O. The largest absolute Gasteiger partial charge is 0.381 e. The number of nitrogens with zero attached hydrogens (tertiary/aromatic N) is 5. The summed E-state index contributed by atoms with van der Waals surface area (Å²) in [6.07, 6.45) is 5.33. The second-order valence-corrected chi connectivity index (χ2v) is 12.1. The summed E-state index contributed by atoms with van der Waals surface area (Å²) in [6, 6.07) is 7.86. The molecule has 0 bridgehead atoms. The molecule has 3 heterocycles. The summed E-state index contributed by atoms with van der Waals surface area (Å²) >= 11 is 6.15. The van der Waals surface area contributed by atoms with Gasteiger partial charge in [-0.1, -0.05) is 17.7 Å². The van der Waals surface area contributed by atoms with Crippen LogP contribution in [0.5, 0.6) is 0 Å². The lowest BCUT2D eigenvalue weighted by molar-refractivity contribution is -0.148. The zero-order valence-corrected chi connectivity index (χ0v) is 23.7. The van der Waals surface area contributed by atoms with Crippen molar-refractivity contribution in [3.8, 4) is 6.07 Å². The van der Waals surface area contributed by atoms with Gasteiger partial charge in [0.15, 0.2) is 0 Å². The van der Waals surface area contributed by atoms with Crippen LogP contribution < -0.4 is 5.32 Å². The summed E-state index contributed by atoms with van der Waals surface area (Å²) in [6.45, 7) is 8.17. The molecule has 0 spiro atoms. The van der Waals surface area contributed by atoms with Crippen molar-refractivity contribution in [2.24, 2.45) is 11.8 Å². The smallest absolute Gasteiger partial charge is 0.242 e. The van der Waals surface area contributed by atoms with Gasteiger partial charge in [0, 0.05) is 51.9 Å². The van der Waals surface area contributed by atoms with Crippen LogP contribution in [0.3, 0.4) is 0 Å². The van der Waals surface area contributed by atoms with E-state index in [0.29, 0.717) is 35.8 Å². The van der Waals surface area contributed by atoms with E-state index in [4.69, 9.17) is 21.6 Å². The Kier molecular flexibility index (Phi) is 9.41. The topological polar surface area (TPSA) is 92.2 Å². The number of ether oxygens (including phenoxy) is 1. The molecule has 4 unspecified atom stereocenters. The van der Waals surface area contributed by atoms with Crippen LogP contribution in [0.25, 0.3) is 0 Å². The Morgan fingerprint density at radius 1 is 1.23 bits per heavy atom. The molecule has 1 aromatic carbocycles. The quantitative estimate of drug-likeness (QED) is 0.550. The Hall–Kier alpha value is -2.22. The number of amides is 2. The van der Waals surface area contributed by atoms with Crippen molar-refractivity contribution >= 4 is 23.4 Å². The summed E-state index contributed by atoms with van der Waals surface area (Å²) in [5, 5.41) is 13.0. The third-order valence-electron chi connectivity index (χ3n) is 9.00. The number of carbonyl (C=O) groups is 2. The third-order valence-corrected chi connectivity index (χ3v) is 9.31. The van der Waals surface area contributed by atoms with Crippen LogP contribution in [0.4, 0.5) is 0 Å².